The maximum atomic E-state index is 14.0. The molecule has 0 atom stereocenters. The van der Waals surface area contributed by atoms with E-state index in [1.807, 2.05) is 24.1 Å². The number of carboxylic acids is 1. The Morgan fingerprint density at radius 3 is 2.61 bits per heavy atom. The quantitative estimate of drug-likeness (QED) is 0.337. The summed E-state index contributed by atoms with van der Waals surface area (Å²) in [5.74, 6) is -1.74. The fraction of sp³-hybridized carbons (Fsp3) is 0.310. The van der Waals surface area contributed by atoms with Gasteiger partial charge in [-0.3, -0.25) is 4.90 Å². The molecule has 1 aliphatic heterocycles. The van der Waals surface area contributed by atoms with Crippen LogP contribution in [0.2, 0.25) is 5.02 Å². The average Bonchev–Trinajstić information content (AvgIpc) is 2.88. The van der Waals surface area contributed by atoms with E-state index in [-0.39, 0.29) is 18.1 Å². The van der Waals surface area contributed by atoms with Crippen molar-refractivity contribution in [1.29, 1.82) is 0 Å². The number of ether oxygens (including phenoxy) is 1. The van der Waals surface area contributed by atoms with Gasteiger partial charge in [-0.05, 0) is 68.8 Å². The Hall–Kier alpha value is -3.49. The van der Waals surface area contributed by atoms with Gasteiger partial charge in [0.25, 0.3) is 0 Å². The number of likely N-dealkylation sites (N-methyl/N-ethyl adjacent to an activating group) is 1. The van der Waals surface area contributed by atoms with Gasteiger partial charge < -0.3 is 14.7 Å². The number of aromatic carboxylic acids is 1. The molecular formula is C29H30ClF2N3O3. The van der Waals surface area contributed by atoms with Crippen molar-refractivity contribution in [1.82, 2.24) is 9.88 Å². The Balaban J connectivity index is 1.32. The summed E-state index contributed by atoms with van der Waals surface area (Å²) in [4.78, 5) is 20.1. The van der Waals surface area contributed by atoms with Gasteiger partial charge in [-0.15, -0.1) is 0 Å². The first-order valence-corrected chi connectivity index (χ1v) is 12.7. The predicted molar refractivity (Wildman–Crippen MR) is 144 cm³/mol. The highest BCUT2D eigenvalue weighted by Gasteiger charge is 2.24. The maximum Gasteiger partial charge on any atom is 0.338 e. The van der Waals surface area contributed by atoms with E-state index in [1.54, 1.807) is 25.1 Å². The lowest BCUT2D eigenvalue weighted by atomic mass is 9.93. The molecule has 1 fully saturated rings. The Morgan fingerprint density at radius 1 is 1.18 bits per heavy atom. The molecule has 2 heterocycles. The molecule has 0 unspecified atom stereocenters. The molecule has 200 valence electrons. The highest BCUT2D eigenvalue weighted by atomic mass is 35.5. The summed E-state index contributed by atoms with van der Waals surface area (Å²) < 4.78 is 33.8. The number of carboxylic acid groups (broad SMARTS) is 1. The molecule has 0 saturated carbocycles. The zero-order valence-electron chi connectivity index (χ0n) is 21.4. The van der Waals surface area contributed by atoms with Crippen molar-refractivity contribution in [3.05, 3.63) is 99.8 Å². The third-order valence-electron chi connectivity index (χ3n) is 6.90. The van der Waals surface area contributed by atoms with E-state index in [2.05, 4.69) is 16.5 Å². The van der Waals surface area contributed by atoms with Crippen LogP contribution in [0.5, 0.6) is 5.88 Å². The molecule has 0 bridgehead atoms. The normalized spacial score (nSPS) is 14.3. The second-order valence-electron chi connectivity index (χ2n) is 9.52. The van der Waals surface area contributed by atoms with Gasteiger partial charge in [-0.2, -0.15) is 0 Å². The molecule has 9 heteroatoms. The summed E-state index contributed by atoms with van der Waals surface area (Å²) in [6.07, 6.45) is 1.80. The number of benzene rings is 2. The minimum Gasteiger partial charge on any atom is -0.478 e. The number of halogens is 3. The molecule has 1 N–H and O–H groups in total. The van der Waals surface area contributed by atoms with Crippen molar-refractivity contribution in [2.24, 2.45) is 0 Å². The predicted octanol–water partition coefficient (Wildman–Crippen LogP) is 6.43. The largest absolute Gasteiger partial charge is 0.478 e. The average molecular weight is 542 g/mol. The van der Waals surface area contributed by atoms with Crippen LogP contribution in [-0.2, 0) is 6.61 Å². The number of aryl methyl sites for hydroxylation is 1. The van der Waals surface area contributed by atoms with Gasteiger partial charge in [-0.25, -0.2) is 18.6 Å². The first kappa shape index (κ1) is 27.5. The van der Waals surface area contributed by atoms with Crippen LogP contribution in [0.15, 0.2) is 60.8 Å². The smallest absolute Gasteiger partial charge is 0.338 e. The molecular weight excluding hydrogens is 512 g/mol. The highest BCUT2D eigenvalue weighted by molar-refractivity contribution is 6.30. The van der Waals surface area contributed by atoms with Crippen LogP contribution in [-0.4, -0.2) is 47.6 Å². The van der Waals surface area contributed by atoms with Crippen molar-refractivity contribution in [3.8, 4) is 5.88 Å². The Morgan fingerprint density at radius 2 is 1.92 bits per heavy atom. The minimum atomic E-state index is -1.30. The molecule has 0 aliphatic carbocycles. The number of piperidine rings is 1. The number of nitrogens with zero attached hydrogens (tertiary/aromatic N) is 3. The van der Waals surface area contributed by atoms with E-state index in [0.717, 1.165) is 37.3 Å². The molecule has 4 rings (SSSR count). The Kier molecular flexibility index (Phi) is 8.64. The second-order valence-corrected chi connectivity index (χ2v) is 9.96. The van der Waals surface area contributed by atoms with E-state index >= 15 is 0 Å². The number of pyridine rings is 1. The molecule has 0 spiro atoms. The fourth-order valence-corrected chi connectivity index (χ4v) is 4.80. The summed E-state index contributed by atoms with van der Waals surface area (Å²) in [6.45, 7) is 8.27. The van der Waals surface area contributed by atoms with Crippen molar-refractivity contribution < 1.29 is 23.4 Å². The molecule has 1 aliphatic rings. The zero-order chi connectivity index (χ0) is 27.4. The van der Waals surface area contributed by atoms with Gasteiger partial charge in [0.1, 0.15) is 18.2 Å². The first-order chi connectivity index (χ1) is 18.1. The highest BCUT2D eigenvalue weighted by Crippen LogP contribution is 2.30. The monoisotopic (exact) mass is 541 g/mol. The van der Waals surface area contributed by atoms with Crippen LogP contribution in [0.3, 0.4) is 0 Å². The molecule has 0 amide bonds. The molecule has 38 heavy (non-hydrogen) atoms. The van der Waals surface area contributed by atoms with Gasteiger partial charge >= 0.3 is 5.97 Å². The van der Waals surface area contributed by atoms with E-state index in [1.165, 1.54) is 18.2 Å². The number of anilines is 1. The minimum absolute atomic E-state index is 0.0645. The van der Waals surface area contributed by atoms with Crippen LogP contribution >= 0.6 is 11.6 Å². The van der Waals surface area contributed by atoms with Crippen LogP contribution in [0.1, 0.15) is 45.9 Å². The van der Waals surface area contributed by atoms with Gasteiger partial charge in [0.2, 0.25) is 5.88 Å². The van der Waals surface area contributed by atoms with Crippen LogP contribution < -0.4 is 9.64 Å². The van der Waals surface area contributed by atoms with E-state index in [0.29, 0.717) is 34.3 Å². The Bertz CT molecular complexity index is 1340. The van der Waals surface area contributed by atoms with Crippen molar-refractivity contribution >= 4 is 23.3 Å². The first-order valence-electron chi connectivity index (χ1n) is 12.3. The second kappa shape index (κ2) is 11.9. The SMILES string of the molecule is C=C(CN1CCC(c2cccc(OCc3ccc(Cl)cc3F)n2)CC1)N(C)c1cc(C(=O)O)c(F)cc1C. The van der Waals surface area contributed by atoms with Crippen molar-refractivity contribution in [2.75, 3.05) is 31.6 Å². The van der Waals surface area contributed by atoms with Crippen LogP contribution in [0.4, 0.5) is 14.5 Å². The van der Waals surface area contributed by atoms with E-state index in [9.17, 15) is 18.7 Å². The van der Waals surface area contributed by atoms with E-state index < -0.39 is 17.6 Å². The number of rotatable bonds is 9. The summed E-state index contributed by atoms with van der Waals surface area (Å²) in [5.41, 5.74) is 3.04. The van der Waals surface area contributed by atoms with Crippen molar-refractivity contribution in [3.63, 3.8) is 0 Å². The summed E-state index contributed by atoms with van der Waals surface area (Å²) in [7, 11) is 1.81. The lowest BCUT2D eigenvalue weighted by Gasteiger charge is -2.34. The van der Waals surface area contributed by atoms with Gasteiger partial charge in [0, 0.05) is 53.2 Å². The number of aromatic nitrogens is 1. The fourth-order valence-electron chi connectivity index (χ4n) is 4.64. The molecule has 1 aromatic heterocycles. The number of hydrogen-bond acceptors (Lipinski definition) is 5. The van der Waals surface area contributed by atoms with Gasteiger partial charge in [-0.1, -0.05) is 30.3 Å². The molecule has 0 radical (unpaired) electrons. The topological polar surface area (TPSA) is 65.9 Å². The summed E-state index contributed by atoms with van der Waals surface area (Å²) in [5, 5.41) is 9.62. The third-order valence-corrected chi connectivity index (χ3v) is 7.13. The molecule has 3 aromatic rings. The molecule has 6 nitrogen and oxygen atoms in total. The summed E-state index contributed by atoms with van der Waals surface area (Å²) in [6, 6.07) is 12.7. The standard InChI is InChI=1S/C29H30ClF2N3O3/c1-18-13-25(32)23(29(36)37)15-27(18)34(3)19(2)16-35-11-9-20(10-12-35)26-5-4-6-28(33-26)38-17-21-7-8-22(30)14-24(21)31/h4-8,13-15,20H,2,9-12,16-17H2,1,3H3,(H,36,37). The van der Waals surface area contributed by atoms with E-state index in [4.69, 9.17) is 16.3 Å². The van der Waals surface area contributed by atoms with Gasteiger partial charge in [0.05, 0.1) is 5.56 Å². The van der Waals surface area contributed by atoms with Crippen molar-refractivity contribution in [2.45, 2.75) is 32.3 Å². The maximum absolute atomic E-state index is 14.0. The molecule has 2 aromatic carbocycles. The van der Waals surface area contributed by atoms with Crippen LogP contribution in [0, 0.1) is 18.6 Å². The van der Waals surface area contributed by atoms with Gasteiger partial charge in [0.15, 0.2) is 0 Å². The van der Waals surface area contributed by atoms with Crippen LogP contribution in [0.25, 0.3) is 0 Å². The Labute approximate surface area is 226 Å². The number of carbonyl (C=O) groups is 1. The zero-order valence-corrected chi connectivity index (χ0v) is 22.1. The number of likely N-dealkylation sites (tertiary alicyclic amines) is 1. The molecule has 1 saturated heterocycles. The third kappa shape index (κ3) is 6.49. The number of hydrogen-bond donors (Lipinski definition) is 1. The lowest BCUT2D eigenvalue weighted by Crippen LogP contribution is -2.37. The lowest BCUT2D eigenvalue weighted by molar-refractivity contribution is 0.0692. The summed E-state index contributed by atoms with van der Waals surface area (Å²) >= 11 is 5.81.